The first-order valence-corrected chi connectivity index (χ1v) is 10.4. The van der Waals surface area contributed by atoms with Crippen molar-refractivity contribution in [2.24, 2.45) is 0 Å². The van der Waals surface area contributed by atoms with Crippen LogP contribution in [-0.4, -0.2) is 31.9 Å². The maximum Gasteiger partial charge on any atom is 0.280 e. The summed E-state index contributed by atoms with van der Waals surface area (Å²) in [5.74, 6) is -0.726. The van der Waals surface area contributed by atoms with E-state index in [9.17, 15) is 9.59 Å². The average Bonchev–Trinajstić information content (AvgIpc) is 3.22. The van der Waals surface area contributed by atoms with Crippen LogP contribution in [0.4, 0.5) is 5.69 Å². The van der Waals surface area contributed by atoms with Crippen LogP contribution in [0.15, 0.2) is 48.0 Å². The molecule has 8 heteroatoms. The van der Waals surface area contributed by atoms with Gasteiger partial charge in [-0.3, -0.25) is 19.5 Å². The number of rotatable bonds is 5. The molecule has 2 heterocycles. The van der Waals surface area contributed by atoms with Gasteiger partial charge in [-0.15, -0.1) is 5.10 Å². The number of pyridine rings is 1. The fraction of sp³-hybridized carbons (Fsp3) is 0.318. The van der Waals surface area contributed by atoms with Crippen molar-refractivity contribution in [1.29, 1.82) is 0 Å². The van der Waals surface area contributed by atoms with Crippen LogP contribution in [-0.2, 0) is 4.79 Å². The van der Waals surface area contributed by atoms with Crippen molar-refractivity contribution < 1.29 is 9.59 Å². The second-order valence-electron chi connectivity index (χ2n) is 8.08. The molecule has 0 saturated heterocycles. The van der Waals surface area contributed by atoms with Crippen molar-refractivity contribution in [1.82, 2.24) is 19.9 Å². The van der Waals surface area contributed by atoms with E-state index in [0.29, 0.717) is 11.4 Å². The number of nitrogens with zero attached hydrogens (tertiary/aromatic N) is 4. The second-order valence-corrected chi connectivity index (χ2v) is 8.69. The summed E-state index contributed by atoms with van der Waals surface area (Å²) in [6, 6.07) is 10.0. The van der Waals surface area contributed by atoms with E-state index < -0.39 is 17.5 Å². The minimum absolute atomic E-state index is 0.186. The molecule has 0 radical (unpaired) electrons. The van der Waals surface area contributed by atoms with Crippen molar-refractivity contribution in [2.45, 2.75) is 46.2 Å². The van der Waals surface area contributed by atoms with Crippen LogP contribution in [0.3, 0.4) is 0 Å². The normalized spacial score (nSPS) is 12.3. The molecule has 0 spiro atoms. The minimum Gasteiger partial charge on any atom is -0.349 e. The van der Waals surface area contributed by atoms with Gasteiger partial charge >= 0.3 is 0 Å². The van der Waals surface area contributed by atoms with Gasteiger partial charge in [0.1, 0.15) is 0 Å². The van der Waals surface area contributed by atoms with Crippen LogP contribution in [0.1, 0.15) is 54.1 Å². The molecule has 0 bridgehead atoms. The van der Waals surface area contributed by atoms with Gasteiger partial charge in [0.15, 0.2) is 11.7 Å². The molecular weight excluding hydrogens is 398 g/mol. The number of carbonyl (C=O) groups excluding carboxylic acids is 2. The van der Waals surface area contributed by atoms with Crippen molar-refractivity contribution in [3.8, 4) is 0 Å². The van der Waals surface area contributed by atoms with Crippen molar-refractivity contribution in [2.75, 3.05) is 4.90 Å². The summed E-state index contributed by atoms with van der Waals surface area (Å²) < 4.78 is 3.82. The molecule has 0 saturated carbocycles. The zero-order valence-electron chi connectivity index (χ0n) is 17.7. The molecule has 3 aromatic rings. The van der Waals surface area contributed by atoms with E-state index in [1.807, 2.05) is 52.8 Å². The van der Waals surface area contributed by atoms with Crippen molar-refractivity contribution in [3.05, 3.63) is 70.5 Å². The molecule has 156 valence electrons. The summed E-state index contributed by atoms with van der Waals surface area (Å²) in [6.07, 6.45) is 1.61. The summed E-state index contributed by atoms with van der Waals surface area (Å²) >= 11 is 1.09. The lowest BCUT2D eigenvalue weighted by molar-refractivity contribution is -0.124. The van der Waals surface area contributed by atoms with Gasteiger partial charge in [-0.1, -0.05) is 22.7 Å². The Morgan fingerprint density at radius 1 is 1.10 bits per heavy atom. The highest BCUT2D eigenvalue weighted by molar-refractivity contribution is 7.03. The third kappa shape index (κ3) is 4.71. The zero-order valence-corrected chi connectivity index (χ0v) is 18.5. The third-order valence-electron chi connectivity index (χ3n) is 4.61. The van der Waals surface area contributed by atoms with Gasteiger partial charge in [-0.25, -0.2) is 0 Å². The molecule has 1 atom stereocenters. The summed E-state index contributed by atoms with van der Waals surface area (Å²) in [5, 5.41) is 8.53. The maximum absolute atomic E-state index is 13.6. The topological polar surface area (TPSA) is 88.1 Å². The number of hydrogen-bond acceptors (Lipinski definition) is 6. The highest BCUT2D eigenvalue weighted by Crippen LogP contribution is 2.32. The standard InChI is InChI=1S/C22H25N5O2S/c1-14-9-8-11-18(15(14)2)27(21(29)17-13-30-26-25-17)19(16-10-6-7-12-23-16)20(28)24-22(3,4)5/h6-13,19H,1-5H3,(H,24,28)/t19-/m1/s1. The van der Waals surface area contributed by atoms with E-state index in [4.69, 9.17) is 0 Å². The molecule has 7 nitrogen and oxygen atoms in total. The van der Waals surface area contributed by atoms with Crippen LogP contribution in [0, 0.1) is 13.8 Å². The van der Waals surface area contributed by atoms with Gasteiger partial charge < -0.3 is 5.32 Å². The van der Waals surface area contributed by atoms with Gasteiger partial charge in [0, 0.05) is 22.8 Å². The number of hydrogen-bond donors (Lipinski definition) is 1. The molecule has 2 amide bonds. The third-order valence-corrected chi connectivity index (χ3v) is 5.11. The van der Waals surface area contributed by atoms with E-state index in [1.165, 1.54) is 4.90 Å². The summed E-state index contributed by atoms with van der Waals surface area (Å²) in [7, 11) is 0. The number of carbonyl (C=O) groups is 2. The fourth-order valence-electron chi connectivity index (χ4n) is 3.10. The number of aromatic nitrogens is 3. The number of benzene rings is 1. The van der Waals surface area contributed by atoms with E-state index in [2.05, 4.69) is 19.9 Å². The van der Waals surface area contributed by atoms with E-state index in [1.54, 1.807) is 29.8 Å². The summed E-state index contributed by atoms with van der Waals surface area (Å²) in [4.78, 5) is 32.9. The lowest BCUT2D eigenvalue weighted by atomic mass is 10.0. The molecular formula is C22H25N5O2S. The maximum atomic E-state index is 13.6. The van der Waals surface area contributed by atoms with Gasteiger partial charge in [-0.05, 0) is 75.5 Å². The SMILES string of the molecule is Cc1cccc(N(C(=O)c2csnn2)[C@@H](C(=O)NC(C)(C)C)c2ccccn2)c1C. The zero-order chi connectivity index (χ0) is 21.9. The molecule has 0 aliphatic heterocycles. The Kier molecular flexibility index (Phi) is 6.26. The van der Waals surface area contributed by atoms with Crippen molar-refractivity contribution >= 4 is 29.0 Å². The van der Waals surface area contributed by atoms with Gasteiger partial charge in [-0.2, -0.15) is 0 Å². The highest BCUT2D eigenvalue weighted by Gasteiger charge is 2.37. The Hall–Kier alpha value is -3.13. The predicted molar refractivity (Wildman–Crippen MR) is 118 cm³/mol. The Morgan fingerprint density at radius 3 is 2.47 bits per heavy atom. The van der Waals surface area contributed by atoms with Gasteiger partial charge in [0.2, 0.25) is 5.91 Å². The van der Waals surface area contributed by atoms with Crippen LogP contribution < -0.4 is 10.2 Å². The molecule has 0 aliphatic rings. The Bertz CT molecular complexity index is 1030. The molecule has 1 N–H and O–H groups in total. The molecule has 0 unspecified atom stereocenters. The Labute approximate surface area is 180 Å². The second kappa shape index (κ2) is 8.71. The number of aryl methyl sites for hydroxylation is 1. The first-order valence-electron chi connectivity index (χ1n) is 9.59. The van der Waals surface area contributed by atoms with E-state index >= 15 is 0 Å². The fourth-order valence-corrected chi connectivity index (χ4v) is 3.53. The lowest BCUT2D eigenvalue weighted by Gasteiger charge is -2.33. The summed E-state index contributed by atoms with van der Waals surface area (Å²) in [6.45, 7) is 9.59. The molecule has 2 aromatic heterocycles. The van der Waals surface area contributed by atoms with Gasteiger partial charge in [0.05, 0.1) is 5.69 Å². The smallest absolute Gasteiger partial charge is 0.280 e. The monoisotopic (exact) mass is 423 g/mol. The molecule has 0 aliphatic carbocycles. The van der Waals surface area contributed by atoms with E-state index in [0.717, 1.165) is 22.7 Å². The highest BCUT2D eigenvalue weighted by atomic mass is 32.1. The van der Waals surface area contributed by atoms with Crippen LogP contribution in [0.2, 0.25) is 0 Å². The van der Waals surface area contributed by atoms with Crippen LogP contribution in [0.5, 0.6) is 0 Å². The minimum atomic E-state index is -0.972. The number of anilines is 1. The number of nitrogens with one attached hydrogen (secondary N) is 1. The summed E-state index contributed by atoms with van der Waals surface area (Å²) in [5.41, 5.74) is 2.72. The van der Waals surface area contributed by atoms with Gasteiger partial charge in [0.25, 0.3) is 5.91 Å². The van der Waals surface area contributed by atoms with Crippen molar-refractivity contribution in [3.63, 3.8) is 0 Å². The first-order chi connectivity index (χ1) is 14.2. The Balaban J connectivity index is 2.22. The first kappa shape index (κ1) is 21.6. The Morgan fingerprint density at radius 2 is 1.87 bits per heavy atom. The largest absolute Gasteiger partial charge is 0.349 e. The molecule has 30 heavy (non-hydrogen) atoms. The average molecular weight is 424 g/mol. The van der Waals surface area contributed by atoms with Crippen LogP contribution in [0.25, 0.3) is 0 Å². The van der Waals surface area contributed by atoms with Crippen LogP contribution >= 0.6 is 11.5 Å². The predicted octanol–water partition coefficient (Wildman–Crippen LogP) is 3.85. The molecule has 3 rings (SSSR count). The quantitative estimate of drug-likeness (QED) is 0.673. The molecule has 0 fully saturated rings. The van der Waals surface area contributed by atoms with E-state index in [-0.39, 0.29) is 11.6 Å². The number of amides is 2. The molecule has 1 aromatic carbocycles. The lowest BCUT2D eigenvalue weighted by Crippen LogP contribution is -2.50.